The van der Waals surface area contributed by atoms with Crippen LogP contribution in [-0.4, -0.2) is 115 Å². The van der Waals surface area contributed by atoms with E-state index in [4.69, 9.17) is 37.9 Å². The molecule has 1 saturated heterocycles. The zero-order valence-corrected chi connectivity index (χ0v) is 31.3. The molecular weight excluding hydrogens is 690 g/mol. The Labute approximate surface area is 309 Å². The number of benzene rings is 3. The number of nitrogens with zero attached hydrogens (tertiary/aromatic N) is 3. The first kappa shape index (κ1) is 40.5. The van der Waals surface area contributed by atoms with Gasteiger partial charge in [0, 0.05) is 38.3 Å². The van der Waals surface area contributed by atoms with Gasteiger partial charge < -0.3 is 47.7 Å². The third kappa shape index (κ3) is 11.1. The Balaban J connectivity index is 1.20. The summed E-state index contributed by atoms with van der Waals surface area (Å²) >= 11 is 0. The molecule has 1 aliphatic heterocycles. The third-order valence-electron chi connectivity index (χ3n) is 8.89. The Morgan fingerprint density at radius 2 is 1.15 bits per heavy atom. The second-order valence-electron chi connectivity index (χ2n) is 12.3. The third-order valence-corrected chi connectivity index (χ3v) is 8.89. The van der Waals surface area contributed by atoms with Crippen molar-refractivity contribution in [3.05, 3.63) is 74.8 Å². The van der Waals surface area contributed by atoms with Gasteiger partial charge >= 0.3 is 11.9 Å². The van der Waals surface area contributed by atoms with Crippen molar-refractivity contribution in [3.8, 4) is 34.5 Å². The first-order valence-electron chi connectivity index (χ1n) is 17.3. The molecule has 0 aromatic heterocycles. The molecule has 0 atom stereocenters. The molecule has 1 heterocycles. The number of nitro benzene ring substituents is 1. The monoisotopic (exact) mass is 739 g/mol. The van der Waals surface area contributed by atoms with Crippen LogP contribution in [0.2, 0.25) is 0 Å². The van der Waals surface area contributed by atoms with E-state index in [1.807, 2.05) is 0 Å². The van der Waals surface area contributed by atoms with Crippen LogP contribution in [0.25, 0.3) is 0 Å². The Bertz CT molecular complexity index is 1690. The fraction of sp³-hybridized carbons (Fsp3) is 0.474. The van der Waals surface area contributed by atoms with Gasteiger partial charge in [-0.2, -0.15) is 0 Å². The van der Waals surface area contributed by atoms with Gasteiger partial charge in [-0.05, 0) is 80.7 Å². The average Bonchev–Trinajstić information content (AvgIpc) is 3.41. The van der Waals surface area contributed by atoms with Gasteiger partial charge in [0.05, 0.1) is 64.8 Å². The molecule has 0 amide bonds. The maximum absolute atomic E-state index is 13.1. The molecule has 0 spiro atoms. The van der Waals surface area contributed by atoms with Gasteiger partial charge in [0.15, 0.2) is 23.0 Å². The van der Waals surface area contributed by atoms with Crippen LogP contribution in [0.4, 0.5) is 5.69 Å². The molecule has 0 saturated carbocycles. The van der Waals surface area contributed by atoms with Gasteiger partial charge in [0.2, 0.25) is 11.5 Å². The summed E-state index contributed by atoms with van der Waals surface area (Å²) < 4.78 is 44.1. The van der Waals surface area contributed by atoms with Crippen molar-refractivity contribution in [2.24, 2.45) is 0 Å². The number of ether oxygens (including phenoxy) is 8. The summed E-state index contributed by atoms with van der Waals surface area (Å²) in [6.07, 6.45) is 2.36. The zero-order chi connectivity index (χ0) is 38.3. The predicted molar refractivity (Wildman–Crippen MR) is 195 cm³/mol. The number of carbonyl (C=O) groups is 2. The van der Waals surface area contributed by atoms with Crippen molar-refractivity contribution in [3.63, 3.8) is 0 Å². The zero-order valence-electron chi connectivity index (χ0n) is 31.3. The molecular formula is C38H49N3O12. The van der Waals surface area contributed by atoms with Crippen LogP contribution in [0, 0.1) is 17.0 Å². The second-order valence-corrected chi connectivity index (χ2v) is 12.3. The highest BCUT2D eigenvalue weighted by atomic mass is 16.6. The van der Waals surface area contributed by atoms with Crippen molar-refractivity contribution in [2.75, 3.05) is 88.0 Å². The van der Waals surface area contributed by atoms with Crippen LogP contribution >= 0.6 is 0 Å². The Morgan fingerprint density at radius 1 is 0.679 bits per heavy atom. The fourth-order valence-corrected chi connectivity index (χ4v) is 6.01. The second kappa shape index (κ2) is 20.1. The van der Waals surface area contributed by atoms with Gasteiger partial charge in [-0.1, -0.05) is 0 Å². The molecule has 15 heteroatoms. The molecule has 0 aliphatic carbocycles. The van der Waals surface area contributed by atoms with E-state index in [0.29, 0.717) is 52.7 Å². The van der Waals surface area contributed by atoms with Crippen LogP contribution in [0.1, 0.15) is 51.1 Å². The molecule has 3 aromatic carbocycles. The number of hydrogen-bond acceptors (Lipinski definition) is 14. The van der Waals surface area contributed by atoms with Crippen molar-refractivity contribution >= 4 is 17.6 Å². The van der Waals surface area contributed by atoms with Gasteiger partial charge in [0.25, 0.3) is 5.69 Å². The molecule has 15 nitrogen and oxygen atoms in total. The number of methoxy groups -OCH3 is 5. The maximum atomic E-state index is 13.1. The van der Waals surface area contributed by atoms with Crippen LogP contribution in [0.3, 0.4) is 0 Å². The van der Waals surface area contributed by atoms with Gasteiger partial charge in [0.1, 0.15) is 6.61 Å². The summed E-state index contributed by atoms with van der Waals surface area (Å²) in [5, 5.41) is 11.1. The SMILES string of the molecule is COc1cc(C(=O)OCCCN2CCCN(CCCOC(=O)c3cc(OC)c(OC)c(OCc4ccc([N+](=O)[O-])cc4C)c3)CC2)cc(OC)c1OC. The minimum atomic E-state index is -0.518. The van der Waals surface area contributed by atoms with Gasteiger partial charge in [-0.15, -0.1) is 0 Å². The van der Waals surface area contributed by atoms with E-state index in [0.717, 1.165) is 51.3 Å². The van der Waals surface area contributed by atoms with Crippen LogP contribution < -0.4 is 28.4 Å². The number of esters is 2. The average molecular weight is 740 g/mol. The quantitative estimate of drug-likeness (QED) is 0.0673. The Kier molecular flexibility index (Phi) is 15.3. The molecule has 53 heavy (non-hydrogen) atoms. The van der Waals surface area contributed by atoms with Crippen molar-refractivity contribution < 1.29 is 52.4 Å². The summed E-state index contributed by atoms with van der Waals surface area (Å²) in [5.41, 5.74) is 2.01. The van der Waals surface area contributed by atoms with E-state index in [1.165, 1.54) is 47.7 Å². The van der Waals surface area contributed by atoms with Crippen LogP contribution in [0.15, 0.2) is 42.5 Å². The fourth-order valence-electron chi connectivity index (χ4n) is 6.01. The lowest BCUT2D eigenvalue weighted by Gasteiger charge is -2.21. The number of hydrogen-bond donors (Lipinski definition) is 0. The first-order chi connectivity index (χ1) is 25.6. The number of aryl methyl sites for hydroxylation is 1. The standard InChI is InChI=1S/C38H49N3O12/c1-26-20-30(41(44)45)11-10-27(26)25-53-34-24-29(23-33(48-4)36(34)50-6)38(43)52-19-9-15-40-13-7-12-39(16-17-40)14-8-18-51-37(42)28-21-31(46-2)35(49-5)32(22-28)47-3/h10-11,20-24H,7-9,12-19,25H2,1-6H3. The first-order valence-corrected chi connectivity index (χ1v) is 17.3. The predicted octanol–water partition coefficient (Wildman–Crippen LogP) is 5.33. The topological polar surface area (TPSA) is 158 Å². The molecule has 0 unspecified atom stereocenters. The van der Waals surface area contributed by atoms with Crippen molar-refractivity contribution in [1.82, 2.24) is 9.80 Å². The molecule has 0 bridgehead atoms. The molecule has 288 valence electrons. The molecule has 1 fully saturated rings. The largest absolute Gasteiger partial charge is 0.493 e. The van der Waals surface area contributed by atoms with Crippen molar-refractivity contribution in [2.45, 2.75) is 32.8 Å². The number of non-ortho nitro benzene ring substituents is 1. The number of carbonyl (C=O) groups excluding carboxylic acids is 2. The highest BCUT2D eigenvalue weighted by Gasteiger charge is 2.21. The van der Waals surface area contributed by atoms with Crippen LogP contribution in [-0.2, 0) is 16.1 Å². The summed E-state index contributed by atoms with van der Waals surface area (Å²) in [5.74, 6) is 1.11. The van der Waals surface area contributed by atoms with E-state index in [2.05, 4.69) is 9.80 Å². The highest BCUT2D eigenvalue weighted by Crippen LogP contribution is 2.40. The van der Waals surface area contributed by atoms with Crippen LogP contribution in [0.5, 0.6) is 34.5 Å². The molecule has 1 aliphatic rings. The minimum Gasteiger partial charge on any atom is -0.493 e. The van der Waals surface area contributed by atoms with Gasteiger partial charge in [-0.25, -0.2) is 9.59 Å². The highest BCUT2D eigenvalue weighted by molar-refractivity contribution is 5.91. The van der Waals surface area contributed by atoms with E-state index >= 15 is 0 Å². The maximum Gasteiger partial charge on any atom is 0.338 e. The molecule has 0 N–H and O–H groups in total. The lowest BCUT2D eigenvalue weighted by molar-refractivity contribution is -0.384. The summed E-state index contributed by atoms with van der Waals surface area (Å²) in [7, 11) is 7.43. The number of rotatable bonds is 19. The minimum absolute atomic E-state index is 0.00349. The van der Waals surface area contributed by atoms with Crippen molar-refractivity contribution in [1.29, 1.82) is 0 Å². The normalized spacial score (nSPS) is 13.4. The molecule has 3 aromatic rings. The van der Waals surface area contributed by atoms with E-state index in [-0.39, 0.29) is 36.8 Å². The molecule has 0 radical (unpaired) electrons. The lowest BCUT2D eigenvalue weighted by Crippen LogP contribution is -2.32. The Morgan fingerprint density at radius 3 is 1.58 bits per heavy atom. The summed E-state index contributed by atoms with van der Waals surface area (Å²) in [4.78, 5) is 41.2. The number of nitro groups is 1. The van der Waals surface area contributed by atoms with E-state index in [9.17, 15) is 19.7 Å². The smallest absolute Gasteiger partial charge is 0.338 e. The summed E-state index contributed by atoms with van der Waals surface area (Å²) in [6, 6.07) is 10.8. The van der Waals surface area contributed by atoms with Gasteiger partial charge in [-0.3, -0.25) is 10.1 Å². The lowest BCUT2D eigenvalue weighted by atomic mass is 10.1. The van der Waals surface area contributed by atoms with E-state index < -0.39 is 16.9 Å². The van der Waals surface area contributed by atoms with E-state index in [1.54, 1.807) is 37.3 Å². The summed E-state index contributed by atoms with van der Waals surface area (Å²) in [6.45, 7) is 7.61. The Hall–Kier alpha value is -5.28. The molecule has 4 rings (SSSR count).